The summed E-state index contributed by atoms with van der Waals surface area (Å²) in [6.07, 6.45) is 10.2. The van der Waals surface area contributed by atoms with E-state index in [2.05, 4.69) is 31.3 Å². The molecule has 3 unspecified atom stereocenters. The van der Waals surface area contributed by atoms with Gasteiger partial charge >= 0.3 is 0 Å². The summed E-state index contributed by atoms with van der Waals surface area (Å²) in [6.45, 7) is 5.70. The largest absolute Gasteiger partial charge is 0.314 e. The lowest BCUT2D eigenvalue weighted by atomic mass is 9.71. The molecule has 3 atom stereocenters. The lowest BCUT2D eigenvalue weighted by molar-refractivity contribution is 0.190. The zero-order valence-electron chi connectivity index (χ0n) is 12.9. The molecule has 0 amide bonds. The van der Waals surface area contributed by atoms with E-state index in [0.717, 1.165) is 17.8 Å². The molecule has 0 spiro atoms. The van der Waals surface area contributed by atoms with Crippen LogP contribution in [0.4, 0.5) is 0 Å². The zero-order chi connectivity index (χ0) is 13.9. The lowest BCUT2D eigenvalue weighted by Crippen LogP contribution is -2.36. The van der Waals surface area contributed by atoms with Gasteiger partial charge < -0.3 is 5.32 Å². The predicted molar refractivity (Wildman–Crippen MR) is 83.9 cm³/mol. The van der Waals surface area contributed by atoms with Crippen LogP contribution >= 0.6 is 0 Å². The Morgan fingerprint density at radius 2 is 2.10 bits per heavy atom. The van der Waals surface area contributed by atoms with Crippen molar-refractivity contribution in [2.24, 2.45) is 11.8 Å². The van der Waals surface area contributed by atoms with Gasteiger partial charge in [0.15, 0.2) is 0 Å². The maximum atomic E-state index is 4.73. The highest BCUT2D eigenvalue weighted by atomic mass is 14.9. The first-order valence-corrected chi connectivity index (χ1v) is 8.43. The van der Waals surface area contributed by atoms with Gasteiger partial charge in [-0.2, -0.15) is 0 Å². The first-order valence-electron chi connectivity index (χ1n) is 8.43. The molecule has 1 aromatic heterocycles. The van der Waals surface area contributed by atoms with Gasteiger partial charge in [-0.05, 0) is 55.7 Å². The molecule has 1 saturated carbocycles. The zero-order valence-corrected chi connectivity index (χ0v) is 12.9. The Morgan fingerprint density at radius 3 is 2.95 bits per heavy atom. The van der Waals surface area contributed by atoms with Crippen LogP contribution in [0.15, 0.2) is 18.3 Å². The minimum atomic E-state index is 0.603. The van der Waals surface area contributed by atoms with E-state index >= 15 is 0 Å². The van der Waals surface area contributed by atoms with Crippen molar-refractivity contribution in [3.63, 3.8) is 0 Å². The molecule has 0 saturated heterocycles. The molecule has 1 aromatic rings. The average Bonchev–Trinajstić information content (AvgIpc) is 2.89. The fraction of sp³-hybridized carbons (Fsp3) is 0.722. The summed E-state index contributed by atoms with van der Waals surface area (Å²) < 4.78 is 0. The monoisotopic (exact) mass is 272 g/mol. The topological polar surface area (TPSA) is 24.9 Å². The number of rotatable bonds is 4. The van der Waals surface area contributed by atoms with Gasteiger partial charge in [0.05, 0.1) is 0 Å². The lowest BCUT2D eigenvalue weighted by Gasteiger charge is -2.36. The summed E-state index contributed by atoms with van der Waals surface area (Å²) in [5, 5.41) is 3.67. The fourth-order valence-corrected chi connectivity index (χ4v) is 4.27. The van der Waals surface area contributed by atoms with Gasteiger partial charge in [-0.3, -0.25) is 4.98 Å². The number of nitrogens with zero attached hydrogens (tertiary/aromatic N) is 1. The van der Waals surface area contributed by atoms with Crippen LogP contribution in [-0.2, 0) is 6.42 Å². The second-order valence-corrected chi connectivity index (χ2v) is 6.96. The van der Waals surface area contributed by atoms with Gasteiger partial charge in [0, 0.05) is 23.9 Å². The van der Waals surface area contributed by atoms with Crippen molar-refractivity contribution in [2.45, 2.75) is 64.3 Å². The van der Waals surface area contributed by atoms with Gasteiger partial charge in [-0.15, -0.1) is 0 Å². The molecular formula is C18H28N2. The normalized spacial score (nSPS) is 29.6. The molecule has 0 aliphatic heterocycles. The van der Waals surface area contributed by atoms with E-state index in [-0.39, 0.29) is 0 Å². The molecule has 1 N–H and O–H groups in total. The molecule has 1 fully saturated rings. The van der Waals surface area contributed by atoms with E-state index in [4.69, 9.17) is 4.98 Å². The van der Waals surface area contributed by atoms with E-state index < -0.39 is 0 Å². The molecule has 1 heterocycles. The summed E-state index contributed by atoms with van der Waals surface area (Å²) in [5.74, 6) is 2.43. The number of hydrogen-bond acceptors (Lipinski definition) is 2. The van der Waals surface area contributed by atoms with Crippen LogP contribution in [0.3, 0.4) is 0 Å². The number of aromatic nitrogens is 1. The molecule has 0 radical (unpaired) electrons. The summed E-state index contributed by atoms with van der Waals surface area (Å²) in [7, 11) is 0. The predicted octanol–water partition coefficient (Wildman–Crippen LogP) is 3.92. The van der Waals surface area contributed by atoms with E-state index in [1.807, 2.05) is 6.20 Å². The summed E-state index contributed by atoms with van der Waals surface area (Å²) in [4.78, 5) is 4.73. The van der Waals surface area contributed by atoms with Crippen LogP contribution in [0.5, 0.6) is 0 Å². The van der Waals surface area contributed by atoms with Crippen molar-refractivity contribution in [1.82, 2.24) is 10.3 Å². The van der Waals surface area contributed by atoms with Crippen LogP contribution in [0.1, 0.15) is 63.1 Å². The molecule has 20 heavy (non-hydrogen) atoms. The van der Waals surface area contributed by atoms with E-state index in [9.17, 15) is 0 Å². The van der Waals surface area contributed by atoms with E-state index in [1.54, 1.807) is 0 Å². The SMILES string of the molecule is CC(C)NCC1CCCCC1C1CCc2cccnc21. The quantitative estimate of drug-likeness (QED) is 0.898. The first-order chi connectivity index (χ1) is 9.75. The van der Waals surface area contributed by atoms with Crippen molar-refractivity contribution in [2.75, 3.05) is 6.54 Å². The Morgan fingerprint density at radius 1 is 1.25 bits per heavy atom. The molecule has 110 valence electrons. The Balaban J connectivity index is 1.74. The minimum Gasteiger partial charge on any atom is -0.314 e. The molecule has 3 rings (SSSR count). The highest BCUT2D eigenvalue weighted by Gasteiger charge is 2.36. The molecular weight excluding hydrogens is 244 g/mol. The highest BCUT2D eigenvalue weighted by Crippen LogP contribution is 2.45. The summed E-state index contributed by atoms with van der Waals surface area (Å²) in [6, 6.07) is 4.98. The fourth-order valence-electron chi connectivity index (χ4n) is 4.27. The standard InChI is InChI=1S/C18H28N2/c1-13(2)20-12-15-6-3-4-8-16(15)17-10-9-14-7-5-11-19-18(14)17/h5,7,11,13,15-17,20H,3-4,6,8-10,12H2,1-2H3. The maximum Gasteiger partial charge on any atom is 0.0469 e. The van der Waals surface area contributed by atoms with E-state index in [0.29, 0.717) is 6.04 Å². The summed E-state index contributed by atoms with van der Waals surface area (Å²) in [5.41, 5.74) is 2.94. The van der Waals surface area contributed by atoms with Crippen LogP contribution < -0.4 is 5.32 Å². The highest BCUT2D eigenvalue weighted by molar-refractivity contribution is 5.29. The van der Waals surface area contributed by atoms with E-state index in [1.165, 1.54) is 56.3 Å². The number of nitrogens with one attached hydrogen (secondary N) is 1. The van der Waals surface area contributed by atoms with Crippen molar-refractivity contribution in [1.29, 1.82) is 0 Å². The van der Waals surface area contributed by atoms with Gasteiger partial charge in [0.25, 0.3) is 0 Å². The Hall–Kier alpha value is -0.890. The Labute approximate surface area is 123 Å². The maximum absolute atomic E-state index is 4.73. The number of aryl methyl sites for hydroxylation is 1. The van der Waals surface area contributed by atoms with Gasteiger partial charge in [0.2, 0.25) is 0 Å². The van der Waals surface area contributed by atoms with Crippen molar-refractivity contribution in [3.8, 4) is 0 Å². The third kappa shape index (κ3) is 2.90. The minimum absolute atomic E-state index is 0.603. The second kappa shape index (κ2) is 6.26. The number of pyridine rings is 1. The third-order valence-electron chi connectivity index (χ3n) is 5.27. The Bertz CT molecular complexity index is 441. The molecule has 0 bridgehead atoms. The van der Waals surface area contributed by atoms with Crippen LogP contribution in [0.2, 0.25) is 0 Å². The molecule has 2 aliphatic rings. The average molecular weight is 272 g/mol. The second-order valence-electron chi connectivity index (χ2n) is 6.96. The third-order valence-corrected chi connectivity index (χ3v) is 5.27. The summed E-state index contributed by atoms with van der Waals surface area (Å²) >= 11 is 0. The molecule has 2 heteroatoms. The van der Waals surface area contributed by atoms with Crippen LogP contribution in [-0.4, -0.2) is 17.6 Å². The Kier molecular flexibility index (Phi) is 4.40. The van der Waals surface area contributed by atoms with Crippen LogP contribution in [0, 0.1) is 11.8 Å². The van der Waals surface area contributed by atoms with Crippen molar-refractivity contribution in [3.05, 3.63) is 29.6 Å². The van der Waals surface area contributed by atoms with Crippen molar-refractivity contribution < 1.29 is 0 Å². The van der Waals surface area contributed by atoms with Gasteiger partial charge in [-0.25, -0.2) is 0 Å². The van der Waals surface area contributed by atoms with Gasteiger partial charge in [0.1, 0.15) is 0 Å². The van der Waals surface area contributed by atoms with Gasteiger partial charge in [-0.1, -0.05) is 32.8 Å². The van der Waals surface area contributed by atoms with Crippen LogP contribution in [0.25, 0.3) is 0 Å². The molecule has 2 nitrogen and oxygen atoms in total. The molecule has 0 aromatic carbocycles. The van der Waals surface area contributed by atoms with Crippen molar-refractivity contribution >= 4 is 0 Å². The first kappa shape index (κ1) is 14.1. The number of hydrogen-bond donors (Lipinski definition) is 1. The molecule has 2 aliphatic carbocycles. The smallest absolute Gasteiger partial charge is 0.0469 e. The number of fused-ring (bicyclic) bond motifs is 1.